The molecule has 2 rings (SSSR count). The summed E-state index contributed by atoms with van der Waals surface area (Å²) in [7, 11) is 0. The molecule has 0 aliphatic carbocycles. The third-order valence-corrected chi connectivity index (χ3v) is 2.61. The quantitative estimate of drug-likeness (QED) is 0.477. The Balaban J connectivity index is 0.00000180. The van der Waals surface area contributed by atoms with Crippen molar-refractivity contribution in [3.63, 3.8) is 0 Å². The van der Waals surface area contributed by atoms with E-state index in [-0.39, 0.29) is 24.0 Å². The highest BCUT2D eigenvalue weighted by Crippen LogP contribution is 2.04. The van der Waals surface area contributed by atoms with Gasteiger partial charge >= 0.3 is 0 Å². The van der Waals surface area contributed by atoms with E-state index in [0.717, 1.165) is 37.3 Å². The number of aliphatic imine (C=N–C) groups is 1. The van der Waals surface area contributed by atoms with E-state index >= 15 is 0 Å². The molecule has 0 amide bonds. The first kappa shape index (κ1) is 15.7. The first-order valence-electron chi connectivity index (χ1n) is 6.26. The average Bonchev–Trinajstić information content (AvgIpc) is 2.79. The lowest BCUT2D eigenvalue weighted by molar-refractivity contribution is 0.827. The molecule has 0 atom stereocenters. The summed E-state index contributed by atoms with van der Waals surface area (Å²) in [5.41, 5.74) is 7.74. The summed E-state index contributed by atoms with van der Waals surface area (Å²) in [6.45, 7) is 3.60. The second-order valence-electron chi connectivity index (χ2n) is 4.14. The van der Waals surface area contributed by atoms with Crippen molar-refractivity contribution in [1.82, 2.24) is 14.7 Å². The maximum Gasteiger partial charge on any atom is 0.188 e. The summed E-state index contributed by atoms with van der Waals surface area (Å²) < 4.78 is 2.02. The van der Waals surface area contributed by atoms with Crippen LogP contribution in [0.3, 0.4) is 0 Å². The number of imidazole rings is 1. The van der Waals surface area contributed by atoms with Crippen LogP contribution < -0.4 is 11.1 Å². The first-order valence-corrected chi connectivity index (χ1v) is 6.26. The fourth-order valence-corrected chi connectivity index (χ4v) is 1.71. The van der Waals surface area contributed by atoms with Crippen LogP contribution in [0.15, 0.2) is 35.6 Å². The van der Waals surface area contributed by atoms with Gasteiger partial charge in [-0.2, -0.15) is 0 Å². The summed E-state index contributed by atoms with van der Waals surface area (Å²) in [5, 5.41) is 3.09. The molecule has 0 spiro atoms. The minimum Gasteiger partial charge on any atom is -0.370 e. The van der Waals surface area contributed by atoms with Crippen LogP contribution in [-0.4, -0.2) is 28.4 Å². The highest BCUT2D eigenvalue weighted by Gasteiger charge is 2.00. The zero-order valence-corrected chi connectivity index (χ0v) is 13.4. The Labute approximate surface area is 130 Å². The second-order valence-corrected chi connectivity index (χ2v) is 4.14. The molecule has 0 radical (unpaired) electrons. The standard InChI is InChI=1S/C13H19N5.HI/c1-2-7-15-13(14)16-8-6-11-10-18-9-4-3-5-12(18)17-11;/h3-5,9-10H,2,6-8H2,1H3,(H3,14,15,16);1H. The van der Waals surface area contributed by atoms with Crippen molar-refractivity contribution in [1.29, 1.82) is 0 Å². The van der Waals surface area contributed by atoms with Gasteiger partial charge in [-0.05, 0) is 18.6 Å². The average molecular weight is 373 g/mol. The van der Waals surface area contributed by atoms with E-state index in [1.165, 1.54) is 0 Å². The van der Waals surface area contributed by atoms with Crippen molar-refractivity contribution in [3.05, 3.63) is 36.3 Å². The molecule has 0 aliphatic rings. The normalized spacial score (nSPS) is 11.3. The lowest BCUT2D eigenvalue weighted by Gasteiger charge is -2.03. The molecule has 5 nitrogen and oxygen atoms in total. The second kappa shape index (κ2) is 7.98. The van der Waals surface area contributed by atoms with Crippen LogP contribution in [0.4, 0.5) is 0 Å². The number of hydrogen-bond donors (Lipinski definition) is 2. The summed E-state index contributed by atoms with van der Waals surface area (Å²) >= 11 is 0. The maximum absolute atomic E-state index is 5.71. The molecule has 0 unspecified atom stereocenters. The van der Waals surface area contributed by atoms with Crippen LogP contribution in [0.5, 0.6) is 0 Å². The van der Waals surface area contributed by atoms with E-state index in [4.69, 9.17) is 5.73 Å². The first-order chi connectivity index (χ1) is 8.79. The van der Waals surface area contributed by atoms with Gasteiger partial charge in [0.2, 0.25) is 0 Å². The Morgan fingerprint density at radius 1 is 1.47 bits per heavy atom. The number of nitrogens with zero attached hydrogens (tertiary/aromatic N) is 3. The van der Waals surface area contributed by atoms with Gasteiger partial charge in [-0.1, -0.05) is 13.0 Å². The molecule has 6 heteroatoms. The molecule has 0 saturated heterocycles. The van der Waals surface area contributed by atoms with E-state index in [2.05, 4.69) is 22.2 Å². The Bertz CT molecular complexity index is 502. The molecule has 104 valence electrons. The van der Waals surface area contributed by atoms with Gasteiger partial charge in [-0.15, -0.1) is 24.0 Å². The van der Waals surface area contributed by atoms with Gasteiger partial charge in [0.05, 0.1) is 5.69 Å². The smallest absolute Gasteiger partial charge is 0.188 e. The lowest BCUT2D eigenvalue weighted by atomic mass is 10.3. The van der Waals surface area contributed by atoms with E-state index in [1.54, 1.807) is 0 Å². The Hall–Kier alpha value is -1.31. The number of rotatable bonds is 5. The summed E-state index contributed by atoms with van der Waals surface area (Å²) in [5.74, 6) is 0.514. The zero-order valence-electron chi connectivity index (χ0n) is 11.0. The van der Waals surface area contributed by atoms with Gasteiger partial charge in [0.1, 0.15) is 5.65 Å². The molecule has 0 aliphatic heterocycles. The fraction of sp³-hybridized carbons (Fsp3) is 0.385. The Morgan fingerprint density at radius 2 is 2.32 bits per heavy atom. The SMILES string of the molecule is CCCN=C(N)NCCc1cn2ccccc2n1.I. The van der Waals surface area contributed by atoms with Crippen LogP contribution in [0.2, 0.25) is 0 Å². The summed E-state index contributed by atoms with van der Waals surface area (Å²) in [4.78, 5) is 8.69. The van der Waals surface area contributed by atoms with E-state index in [9.17, 15) is 0 Å². The lowest BCUT2D eigenvalue weighted by Crippen LogP contribution is -2.33. The largest absolute Gasteiger partial charge is 0.370 e. The van der Waals surface area contributed by atoms with Crippen molar-refractivity contribution in [2.24, 2.45) is 10.7 Å². The number of nitrogens with two attached hydrogens (primary N) is 1. The number of aromatic nitrogens is 2. The van der Waals surface area contributed by atoms with Crippen LogP contribution in [0.25, 0.3) is 5.65 Å². The highest BCUT2D eigenvalue weighted by atomic mass is 127. The Morgan fingerprint density at radius 3 is 3.05 bits per heavy atom. The number of guanidine groups is 1. The number of hydrogen-bond acceptors (Lipinski definition) is 2. The van der Waals surface area contributed by atoms with E-state index in [1.807, 2.05) is 35.0 Å². The molecular weight excluding hydrogens is 353 g/mol. The molecule has 2 aromatic heterocycles. The van der Waals surface area contributed by atoms with Crippen molar-refractivity contribution in [3.8, 4) is 0 Å². The fourth-order valence-electron chi connectivity index (χ4n) is 1.71. The van der Waals surface area contributed by atoms with E-state index < -0.39 is 0 Å². The molecule has 0 fully saturated rings. The third-order valence-electron chi connectivity index (χ3n) is 2.61. The zero-order chi connectivity index (χ0) is 12.8. The highest BCUT2D eigenvalue weighted by molar-refractivity contribution is 14.0. The summed E-state index contributed by atoms with van der Waals surface area (Å²) in [6, 6.07) is 5.97. The van der Waals surface area contributed by atoms with Crippen molar-refractivity contribution < 1.29 is 0 Å². The molecule has 2 aromatic rings. The number of nitrogens with one attached hydrogen (secondary N) is 1. The Kier molecular flexibility index (Phi) is 6.61. The number of pyridine rings is 1. The van der Waals surface area contributed by atoms with Crippen LogP contribution >= 0.6 is 24.0 Å². The molecule has 3 N–H and O–H groups in total. The van der Waals surface area contributed by atoms with Crippen LogP contribution in [0.1, 0.15) is 19.0 Å². The van der Waals surface area contributed by atoms with E-state index in [0.29, 0.717) is 5.96 Å². The maximum atomic E-state index is 5.71. The number of fused-ring (bicyclic) bond motifs is 1. The topological polar surface area (TPSA) is 67.7 Å². The molecule has 0 aromatic carbocycles. The third kappa shape index (κ3) is 4.70. The minimum atomic E-state index is 0. The minimum absolute atomic E-state index is 0. The van der Waals surface area contributed by atoms with Gasteiger partial charge in [-0.3, -0.25) is 4.99 Å². The number of halogens is 1. The van der Waals surface area contributed by atoms with Gasteiger partial charge < -0.3 is 15.5 Å². The summed E-state index contributed by atoms with van der Waals surface area (Å²) in [6.07, 6.45) is 5.88. The predicted octanol–water partition coefficient (Wildman–Crippen LogP) is 1.81. The molecular formula is C13H20IN5. The molecule has 19 heavy (non-hydrogen) atoms. The van der Waals surface area contributed by atoms with Crippen molar-refractivity contribution >= 4 is 35.6 Å². The van der Waals surface area contributed by atoms with Crippen LogP contribution in [0, 0.1) is 0 Å². The predicted molar refractivity (Wildman–Crippen MR) is 89.1 cm³/mol. The van der Waals surface area contributed by atoms with Gasteiger partial charge in [0.15, 0.2) is 5.96 Å². The molecule has 0 bridgehead atoms. The molecule has 2 heterocycles. The van der Waals surface area contributed by atoms with Crippen LogP contribution in [-0.2, 0) is 6.42 Å². The van der Waals surface area contributed by atoms with Gasteiger partial charge in [0, 0.05) is 31.9 Å². The van der Waals surface area contributed by atoms with Crippen molar-refractivity contribution in [2.45, 2.75) is 19.8 Å². The van der Waals surface area contributed by atoms with Crippen molar-refractivity contribution in [2.75, 3.05) is 13.1 Å². The monoisotopic (exact) mass is 373 g/mol. The molecule has 0 saturated carbocycles. The van der Waals surface area contributed by atoms with Gasteiger partial charge in [0.25, 0.3) is 0 Å². The van der Waals surface area contributed by atoms with Gasteiger partial charge in [-0.25, -0.2) is 4.98 Å².